The van der Waals surface area contributed by atoms with Crippen molar-refractivity contribution in [2.75, 3.05) is 0 Å². The van der Waals surface area contributed by atoms with Crippen molar-refractivity contribution in [1.29, 1.82) is 0 Å². The van der Waals surface area contributed by atoms with E-state index < -0.39 is 0 Å². The molecule has 1 rings (SSSR count). The monoisotopic (exact) mass is 125 g/mol. The third-order valence-corrected chi connectivity index (χ3v) is 2.05. The van der Waals surface area contributed by atoms with Crippen LogP contribution in [0.4, 0.5) is 0 Å². The fraction of sp³-hybridized carbons (Fsp3) is 0.750. The number of hydrogen-bond acceptors (Lipinski definition) is 1. The molecule has 0 saturated carbocycles. The van der Waals surface area contributed by atoms with Crippen LogP contribution in [-0.2, 0) is 0 Å². The normalized spacial score (nSPS) is 34.8. The zero-order valence-electron chi connectivity index (χ0n) is 6.06. The predicted octanol–water partition coefficient (Wildman–Crippen LogP) is 1.70. The molecule has 0 amide bonds. The van der Waals surface area contributed by atoms with Gasteiger partial charge in [0, 0.05) is 12.1 Å². The zero-order chi connectivity index (χ0) is 6.69. The first-order valence-corrected chi connectivity index (χ1v) is 3.75. The molecule has 0 aliphatic carbocycles. The van der Waals surface area contributed by atoms with Gasteiger partial charge < -0.3 is 5.32 Å². The van der Waals surface area contributed by atoms with E-state index in [1.54, 1.807) is 0 Å². The standard InChI is InChI=1S/C8H15N/c1-3-7-5-6-8(4-2)9-7/h3,7-9H,1,4-6H2,2H3/t7-,8+/m0/s1. The predicted molar refractivity (Wildman–Crippen MR) is 40.4 cm³/mol. The summed E-state index contributed by atoms with van der Waals surface area (Å²) in [4.78, 5) is 0. The summed E-state index contributed by atoms with van der Waals surface area (Å²) in [6.07, 6.45) is 5.87. The zero-order valence-corrected chi connectivity index (χ0v) is 6.06. The maximum Gasteiger partial charge on any atom is 0.0250 e. The highest BCUT2D eigenvalue weighted by Crippen LogP contribution is 2.14. The Morgan fingerprint density at radius 1 is 1.67 bits per heavy atom. The molecule has 2 atom stereocenters. The van der Waals surface area contributed by atoms with Crippen molar-refractivity contribution in [3.63, 3.8) is 0 Å². The van der Waals surface area contributed by atoms with Crippen LogP contribution >= 0.6 is 0 Å². The second-order valence-electron chi connectivity index (χ2n) is 2.69. The minimum atomic E-state index is 0.593. The quantitative estimate of drug-likeness (QED) is 0.554. The fourth-order valence-corrected chi connectivity index (χ4v) is 1.36. The van der Waals surface area contributed by atoms with Crippen LogP contribution in [0.25, 0.3) is 0 Å². The molecule has 1 N–H and O–H groups in total. The largest absolute Gasteiger partial charge is 0.308 e. The molecular weight excluding hydrogens is 110 g/mol. The lowest BCUT2D eigenvalue weighted by Crippen LogP contribution is -2.26. The van der Waals surface area contributed by atoms with Gasteiger partial charge in [-0.15, -0.1) is 6.58 Å². The lowest BCUT2D eigenvalue weighted by atomic mass is 10.1. The van der Waals surface area contributed by atoms with Gasteiger partial charge in [-0.05, 0) is 19.3 Å². The molecule has 52 valence electrons. The van der Waals surface area contributed by atoms with Gasteiger partial charge in [0.15, 0.2) is 0 Å². The Bertz CT molecular complexity index is 98.7. The molecule has 1 aliphatic heterocycles. The Hall–Kier alpha value is -0.300. The van der Waals surface area contributed by atoms with Crippen molar-refractivity contribution < 1.29 is 0 Å². The Morgan fingerprint density at radius 3 is 2.78 bits per heavy atom. The van der Waals surface area contributed by atoms with Crippen LogP contribution in [0.3, 0.4) is 0 Å². The average Bonchev–Trinajstić information content (AvgIpc) is 2.34. The Balaban J connectivity index is 2.28. The lowest BCUT2D eigenvalue weighted by molar-refractivity contribution is 0.565. The van der Waals surface area contributed by atoms with E-state index in [0.717, 1.165) is 6.04 Å². The molecule has 0 unspecified atom stereocenters. The first-order valence-electron chi connectivity index (χ1n) is 3.75. The molecule has 0 radical (unpaired) electrons. The molecule has 0 bridgehead atoms. The lowest BCUT2D eigenvalue weighted by Gasteiger charge is -2.07. The van der Waals surface area contributed by atoms with Gasteiger partial charge in [0.25, 0.3) is 0 Å². The third-order valence-electron chi connectivity index (χ3n) is 2.05. The van der Waals surface area contributed by atoms with Crippen molar-refractivity contribution >= 4 is 0 Å². The van der Waals surface area contributed by atoms with Crippen LogP contribution in [0.1, 0.15) is 26.2 Å². The molecule has 1 heterocycles. The third kappa shape index (κ3) is 1.55. The molecule has 9 heavy (non-hydrogen) atoms. The summed E-state index contributed by atoms with van der Waals surface area (Å²) in [6, 6.07) is 1.35. The van der Waals surface area contributed by atoms with Crippen LogP contribution in [0.15, 0.2) is 12.7 Å². The van der Waals surface area contributed by atoms with Crippen LogP contribution in [0.2, 0.25) is 0 Å². The van der Waals surface area contributed by atoms with E-state index in [0.29, 0.717) is 6.04 Å². The smallest absolute Gasteiger partial charge is 0.0250 e. The van der Waals surface area contributed by atoms with E-state index in [2.05, 4.69) is 18.8 Å². The summed E-state index contributed by atoms with van der Waals surface area (Å²) in [5, 5.41) is 3.47. The van der Waals surface area contributed by atoms with Crippen molar-refractivity contribution in [2.45, 2.75) is 38.3 Å². The number of hydrogen-bond donors (Lipinski definition) is 1. The minimum absolute atomic E-state index is 0.593. The van der Waals surface area contributed by atoms with Crippen molar-refractivity contribution in [1.82, 2.24) is 5.32 Å². The van der Waals surface area contributed by atoms with E-state index in [4.69, 9.17) is 0 Å². The summed E-state index contributed by atoms with van der Waals surface area (Å²) in [6.45, 7) is 5.97. The van der Waals surface area contributed by atoms with E-state index in [1.165, 1.54) is 19.3 Å². The summed E-state index contributed by atoms with van der Waals surface area (Å²) >= 11 is 0. The van der Waals surface area contributed by atoms with Gasteiger partial charge in [0.05, 0.1) is 0 Å². The van der Waals surface area contributed by atoms with Gasteiger partial charge in [-0.1, -0.05) is 13.0 Å². The van der Waals surface area contributed by atoms with E-state index in [1.807, 2.05) is 6.08 Å². The number of nitrogens with one attached hydrogen (secondary N) is 1. The Morgan fingerprint density at radius 2 is 2.44 bits per heavy atom. The van der Waals surface area contributed by atoms with Crippen LogP contribution < -0.4 is 5.32 Å². The van der Waals surface area contributed by atoms with Crippen molar-refractivity contribution in [3.8, 4) is 0 Å². The van der Waals surface area contributed by atoms with Crippen molar-refractivity contribution in [3.05, 3.63) is 12.7 Å². The second-order valence-corrected chi connectivity index (χ2v) is 2.69. The molecule has 0 spiro atoms. The van der Waals surface area contributed by atoms with Gasteiger partial charge in [-0.2, -0.15) is 0 Å². The van der Waals surface area contributed by atoms with Crippen LogP contribution in [0.5, 0.6) is 0 Å². The van der Waals surface area contributed by atoms with E-state index >= 15 is 0 Å². The fourth-order valence-electron chi connectivity index (χ4n) is 1.36. The van der Waals surface area contributed by atoms with Gasteiger partial charge in [-0.25, -0.2) is 0 Å². The van der Waals surface area contributed by atoms with Crippen LogP contribution in [0, 0.1) is 0 Å². The molecule has 1 nitrogen and oxygen atoms in total. The highest BCUT2D eigenvalue weighted by atomic mass is 15.0. The molecule has 0 aromatic rings. The Labute approximate surface area is 57.1 Å². The molecule has 0 aromatic heterocycles. The first kappa shape index (κ1) is 6.81. The highest BCUT2D eigenvalue weighted by Gasteiger charge is 2.18. The molecule has 0 aromatic carbocycles. The van der Waals surface area contributed by atoms with Crippen LogP contribution in [-0.4, -0.2) is 12.1 Å². The van der Waals surface area contributed by atoms with Gasteiger partial charge in [0.1, 0.15) is 0 Å². The maximum atomic E-state index is 3.75. The number of rotatable bonds is 2. The van der Waals surface area contributed by atoms with Gasteiger partial charge in [0.2, 0.25) is 0 Å². The van der Waals surface area contributed by atoms with E-state index in [-0.39, 0.29) is 0 Å². The highest BCUT2D eigenvalue weighted by molar-refractivity contribution is 4.93. The Kier molecular flexibility index (Phi) is 2.29. The average molecular weight is 125 g/mol. The molecular formula is C8H15N. The summed E-state index contributed by atoms with van der Waals surface area (Å²) in [5.74, 6) is 0. The first-order chi connectivity index (χ1) is 4.36. The van der Waals surface area contributed by atoms with Crippen molar-refractivity contribution in [2.24, 2.45) is 0 Å². The topological polar surface area (TPSA) is 12.0 Å². The maximum absolute atomic E-state index is 3.75. The van der Waals surface area contributed by atoms with Gasteiger partial charge in [-0.3, -0.25) is 0 Å². The second kappa shape index (κ2) is 3.02. The minimum Gasteiger partial charge on any atom is -0.308 e. The molecule has 1 heteroatoms. The van der Waals surface area contributed by atoms with Gasteiger partial charge >= 0.3 is 0 Å². The molecule has 1 aliphatic rings. The molecule has 1 saturated heterocycles. The molecule has 1 fully saturated rings. The van der Waals surface area contributed by atoms with E-state index in [9.17, 15) is 0 Å². The SMILES string of the molecule is C=C[C@H]1CC[C@@H](CC)N1. The summed E-state index contributed by atoms with van der Waals surface area (Å²) in [7, 11) is 0. The summed E-state index contributed by atoms with van der Waals surface area (Å²) < 4.78 is 0. The summed E-state index contributed by atoms with van der Waals surface area (Å²) in [5.41, 5.74) is 0.